The van der Waals surface area contributed by atoms with E-state index in [9.17, 15) is 4.79 Å². The van der Waals surface area contributed by atoms with E-state index in [2.05, 4.69) is 15.7 Å². The van der Waals surface area contributed by atoms with E-state index in [1.54, 1.807) is 20.8 Å². The lowest BCUT2D eigenvalue weighted by molar-refractivity contribution is -0.127. The Morgan fingerprint density at radius 1 is 1.09 bits per heavy atom. The summed E-state index contributed by atoms with van der Waals surface area (Å²) >= 11 is 0. The first-order valence-corrected chi connectivity index (χ1v) is 10.4. The lowest BCUT2D eigenvalue weighted by atomic mass is 9.97. The molecule has 0 fully saturated rings. The number of carbonyl (C=O) groups is 1. The molecule has 1 unspecified atom stereocenters. The monoisotopic (exact) mass is 441 g/mol. The average Bonchev–Trinajstić information content (AvgIpc) is 2.74. The maximum Gasteiger partial charge on any atom is 0.240 e. The Morgan fingerprint density at radius 3 is 2.34 bits per heavy atom. The summed E-state index contributed by atoms with van der Waals surface area (Å²) in [5.41, 5.74) is 6.67. The van der Waals surface area contributed by atoms with E-state index >= 15 is 0 Å². The third kappa shape index (κ3) is 6.94. The number of anilines is 1. The van der Waals surface area contributed by atoms with Gasteiger partial charge < -0.3 is 26.9 Å². The van der Waals surface area contributed by atoms with Crippen molar-refractivity contribution in [2.24, 2.45) is 22.5 Å². The molecule has 0 radical (unpaired) electrons. The average molecular weight is 442 g/mol. The summed E-state index contributed by atoms with van der Waals surface area (Å²) in [4.78, 5) is 12.7. The van der Waals surface area contributed by atoms with Gasteiger partial charge >= 0.3 is 0 Å². The largest absolute Gasteiger partial charge is 0.388 e. The topological polar surface area (TPSA) is 144 Å². The van der Waals surface area contributed by atoms with Gasteiger partial charge in [-0.1, -0.05) is 42.5 Å². The predicted molar refractivity (Wildman–Crippen MR) is 128 cm³/mol. The predicted octanol–water partition coefficient (Wildman–Crippen LogP) is 1.51. The second-order valence-corrected chi connectivity index (χ2v) is 8.52. The number of hydrogen-bond donors (Lipinski definition) is 5. The van der Waals surface area contributed by atoms with Crippen molar-refractivity contribution >= 4 is 17.4 Å². The van der Waals surface area contributed by atoms with Gasteiger partial charge in [0.05, 0.1) is 25.3 Å². The second-order valence-electron chi connectivity index (χ2n) is 8.52. The number of amidine groups is 1. The van der Waals surface area contributed by atoms with Crippen LogP contribution in [0.1, 0.15) is 31.9 Å². The fraction of sp³-hybridized carbons (Fsp3) is 0.391. The fourth-order valence-corrected chi connectivity index (χ4v) is 3.15. The highest BCUT2D eigenvalue weighted by Gasteiger charge is 2.39. The van der Waals surface area contributed by atoms with Crippen LogP contribution >= 0.6 is 0 Å². The number of ether oxygens (including phenoxy) is 1. The standard InChI is InChI=1S/C23H35N7O2/c1-22(2,24)21(31)28-23(3,16-32-15-17-9-6-5-7-10-17)20(29-25)30(26)14-18-11-8-12-19(13-18)27-4/h5-13,27H,14-16,24-26H2,1-4H3,(H,28,31)/b29-20-. The molecule has 2 aromatic rings. The minimum Gasteiger partial charge on any atom is -0.388 e. The molecule has 2 aromatic carbocycles. The number of rotatable bonds is 10. The molecule has 0 heterocycles. The molecule has 0 aliphatic carbocycles. The van der Waals surface area contributed by atoms with Crippen molar-refractivity contribution in [1.29, 1.82) is 0 Å². The zero-order valence-corrected chi connectivity index (χ0v) is 19.3. The van der Waals surface area contributed by atoms with Gasteiger partial charge in [0, 0.05) is 12.7 Å². The fourth-order valence-electron chi connectivity index (χ4n) is 3.15. The highest BCUT2D eigenvalue weighted by Crippen LogP contribution is 2.17. The molecule has 0 saturated carbocycles. The van der Waals surface area contributed by atoms with Crippen LogP contribution in [-0.4, -0.2) is 41.5 Å². The van der Waals surface area contributed by atoms with Crippen LogP contribution in [0.15, 0.2) is 59.7 Å². The molecule has 32 heavy (non-hydrogen) atoms. The molecule has 9 nitrogen and oxygen atoms in total. The molecule has 0 aliphatic heterocycles. The van der Waals surface area contributed by atoms with E-state index in [0.717, 1.165) is 16.8 Å². The summed E-state index contributed by atoms with van der Waals surface area (Å²) in [5, 5.41) is 11.4. The maximum atomic E-state index is 12.7. The molecule has 0 spiro atoms. The Hall–Kier alpha value is -3.14. The van der Waals surface area contributed by atoms with Gasteiger partial charge in [0.1, 0.15) is 5.54 Å². The van der Waals surface area contributed by atoms with Gasteiger partial charge in [-0.25, -0.2) is 5.84 Å². The number of nitrogens with one attached hydrogen (secondary N) is 2. The molecular formula is C23H35N7O2. The molecule has 1 atom stereocenters. The van der Waals surface area contributed by atoms with Crippen LogP contribution in [0.4, 0.5) is 5.69 Å². The first kappa shape index (κ1) is 25.1. The van der Waals surface area contributed by atoms with Crippen molar-refractivity contribution in [1.82, 2.24) is 10.3 Å². The van der Waals surface area contributed by atoms with Crippen molar-refractivity contribution in [3.63, 3.8) is 0 Å². The number of nitrogens with two attached hydrogens (primary N) is 3. The normalized spacial score (nSPS) is 13.9. The molecule has 0 aromatic heterocycles. The van der Waals surface area contributed by atoms with E-state index in [1.807, 2.05) is 61.6 Å². The summed E-state index contributed by atoms with van der Waals surface area (Å²) < 4.78 is 5.93. The minimum absolute atomic E-state index is 0.0873. The summed E-state index contributed by atoms with van der Waals surface area (Å²) in [6, 6.07) is 17.5. The number of carbonyl (C=O) groups excluding carboxylic acids is 1. The zero-order valence-electron chi connectivity index (χ0n) is 19.3. The van der Waals surface area contributed by atoms with Crippen LogP contribution in [0, 0.1) is 0 Å². The van der Waals surface area contributed by atoms with Gasteiger partial charge in [0.2, 0.25) is 5.91 Å². The Labute approximate surface area is 189 Å². The van der Waals surface area contributed by atoms with E-state index < -0.39 is 11.1 Å². The number of amides is 1. The molecule has 8 N–H and O–H groups in total. The first-order valence-electron chi connectivity index (χ1n) is 10.4. The van der Waals surface area contributed by atoms with Gasteiger partial charge in [0.25, 0.3) is 0 Å². The van der Waals surface area contributed by atoms with E-state index in [1.165, 1.54) is 5.01 Å². The first-order chi connectivity index (χ1) is 15.1. The third-order valence-corrected chi connectivity index (χ3v) is 4.93. The number of nitrogens with zero attached hydrogens (tertiary/aromatic N) is 2. The van der Waals surface area contributed by atoms with Crippen LogP contribution in [-0.2, 0) is 22.7 Å². The highest BCUT2D eigenvalue weighted by molar-refractivity contribution is 5.96. The Bertz CT molecular complexity index is 912. The third-order valence-electron chi connectivity index (χ3n) is 4.93. The van der Waals surface area contributed by atoms with Gasteiger partial charge in [-0.05, 0) is 44.0 Å². The van der Waals surface area contributed by atoms with Gasteiger partial charge in [-0.2, -0.15) is 5.10 Å². The highest BCUT2D eigenvalue weighted by atomic mass is 16.5. The molecule has 1 amide bonds. The van der Waals surface area contributed by atoms with Gasteiger partial charge in [0.15, 0.2) is 5.84 Å². The van der Waals surface area contributed by atoms with Gasteiger partial charge in [-0.3, -0.25) is 9.80 Å². The van der Waals surface area contributed by atoms with Crippen molar-refractivity contribution in [2.75, 3.05) is 19.0 Å². The van der Waals surface area contributed by atoms with Crippen LogP contribution in [0.3, 0.4) is 0 Å². The summed E-state index contributed by atoms with van der Waals surface area (Å²) in [5.74, 6) is 12.0. The van der Waals surface area contributed by atoms with E-state index in [0.29, 0.717) is 13.2 Å². The molecule has 9 heteroatoms. The molecule has 2 rings (SSSR count). The lowest BCUT2D eigenvalue weighted by Gasteiger charge is -2.37. The Kier molecular flexibility index (Phi) is 8.59. The molecular weight excluding hydrogens is 406 g/mol. The maximum absolute atomic E-state index is 12.7. The number of hydrogen-bond acceptors (Lipinski definition) is 7. The summed E-state index contributed by atoms with van der Waals surface area (Å²) in [6.45, 7) is 5.76. The lowest BCUT2D eigenvalue weighted by Crippen LogP contribution is -2.65. The van der Waals surface area contributed by atoms with Crippen molar-refractivity contribution in [3.05, 3.63) is 65.7 Å². The smallest absolute Gasteiger partial charge is 0.240 e. The molecule has 0 aliphatic rings. The molecule has 0 bridgehead atoms. The zero-order chi connectivity index (χ0) is 23.8. The van der Waals surface area contributed by atoms with Gasteiger partial charge in [-0.15, -0.1) is 0 Å². The second kappa shape index (κ2) is 10.9. The number of benzene rings is 2. The molecule has 174 valence electrons. The van der Waals surface area contributed by atoms with Crippen molar-refractivity contribution < 1.29 is 9.53 Å². The van der Waals surface area contributed by atoms with E-state index in [-0.39, 0.29) is 18.3 Å². The van der Waals surface area contributed by atoms with E-state index in [4.69, 9.17) is 22.2 Å². The molecule has 0 saturated heterocycles. The van der Waals surface area contributed by atoms with Crippen molar-refractivity contribution in [2.45, 2.75) is 45.0 Å². The number of hydrazone groups is 1. The van der Waals surface area contributed by atoms with Crippen LogP contribution < -0.4 is 28.1 Å². The summed E-state index contributed by atoms with van der Waals surface area (Å²) in [6.07, 6.45) is 0. The summed E-state index contributed by atoms with van der Waals surface area (Å²) in [7, 11) is 1.84. The van der Waals surface area contributed by atoms with Crippen LogP contribution in [0.5, 0.6) is 0 Å². The Balaban J connectivity index is 2.24. The van der Waals surface area contributed by atoms with Crippen molar-refractivity contribution in [3.8, 4) is 0 Å². The Morgan fingerprint density at radius 2 is 1.75 bits per heavy atom. The van der Waals surface area contributed by atoms with Crippen LogP contribution in [0.2, 0.25) is 0 Å². The number of hydrazine groups is 1. The van der Waals surface area contributed by atoms with Crippen LogP contribution in [0.25, 0.3) is 0 Å². The quantitative estimate of drug-likeness (QED) is 0.163. The SMILES string of the molecule is CNc1cccc(CN(N)/C(=N\N)C(C)(COCc2ccccc2)NC(=O)C(C)(C)N)c1. The minimum atomic E-state index is -1.12.